The number of hydrogen-bond donors (Lipinski definition) is 4. The van der Waals surface area contributed by atoms with Gasteiger partial charge in [-0.05, 0) is 18.2 Å². The predicted octanol–water partition coefficient (Wildman–Crippen LogP) is -0.0828. The molecule has 0 bridgehead atoms. The maximum atomic E-state index is 11.8. The smallest absolute Gasteiger partial charge is 0.283 e. The fourth-order valence-electron chi connectivity index (χ4n) is 2.15. The Balaban J connectivity index is 2.38. The average molecular weight is 273 g/mol. The Kier molecular flexibility index (Phi) is 2.65. The van der Waals surface area contributed by atoms with Crippen molar-refractivity contribution in [3.8, 4) is 5.75 Å². The van der Waals surface area contributed by atoms with Crippen molar-refractivity contribution < 1.29 is 14.3 Å². The lowest BCUT2D eigenvalue weighted by molar-refractivity contribution is 0.0947. The second-order valence-electron chi connectivity index (χ2n) is 4.15. The second-order valence-corrected chi connectivity index (χ2v) is 4.15. The van der Waals surface area contributed by atoms with Crippen molar-refractivity contribution in [1.82, 2.24) is 15.8 Å². The summed E-state index contributed by atoms with van der Waals surface area (Å²) in [6.07, 6.45) is 0. The van der Waals surface area contributed by atoms with E-state index in [0.29, 0.717) is 27.9 Å². The molecule has 0 radical (unpaired) electrons. The molecule has 0 aliphatic carbocycles. The molecule has 1 aliphatic rings. The summed E-state index contributed by atoms with van der Waals surface area (Å²) in [5.74, 6) is 4.77. The summed E-state index contributed by atoms with van der Waals surface area (Å²) in [5, 5.41) is 0.599. The van der Waals surface area contributed by atoms with Crippen LogP contribution in [0.2, 0.25) is 0 Å². The molecule has 8 heteroatoms. The first-order valence-corrected chi connectivity index (χ1v) is 5.74. The van der Waals surface area contributed by atoms with Gasteiger partial charge in [-0.25, -0.2) is 10.8 Å². The number of amides is 2. The van der Waals surface area contributed by atoms with Crippen LogP contribution < -0.4 is 26.9 Å². The fourth-order valence-corrected chi connectivity index (χ4v) is 2.15. The summed E-state index contributed by atoms with van der Waals surface area (Å²) >= 11 is 0. The number of benzene rings is 1. The van der Waals surface area contributed by atoms with E-state index in [1.807, 2.05) is 5.43 Å². The molecule has 0 atom stereocenters. The predicted molar refractivity (Wildman–Crippen MR) is 71.0 cm³/mol. The third kappa shape index (κ3) is 1.62. The Hall–Kier alpha value is -2.87. The summed E-state index contributed by atoms with van der Waals surface area (Å²) in [7, 11) is 1.49. The van der Waals surface area contributed by atoms with E-state index in [-0.39, 0.29) is 11.6 Å². The molecule has 1 aliphatic heterocycles. The molecule has 5 N–H and O–H groups in total. The molecule has 2 aromatic rings. The number of carbonyl (C=O) groups excluding carboxylic acids is 2. The number of rotatable bonds is 2. The number of anilines is 1. The minimum atomic E-state index is -0.533. The third-order valence-corrected chi connectivity index (χ3v) is 3.06. The Morgan fingerprint density at radius 1 is 1.40 bits per heavy atom. The summed E-state index contributed by atoms with van der Waals surface area (Å²) in [6.45, 7) is 0. The van der Waals surface area contributed by atoms with E-state index in [4.69, 9.17) is 10.6 Å². The highest BCUT2D eigenvalue weighted by molar-refractivity contribution is 6.15. The molecule has 1 aromatic carbocycles. The molecule has 20 heavy (non-hydrogen) atoms. The van der Waals surface area contributed by atoms with Crippen molar-refractivity contribution in [1.29, 1.82) is 0 Å². The Morgan fingerprint density at radius 2 is 2.20 bits per heavy atom. The van der Waals surface area contributed by atoms with E-state index in [1.165, 1.54) is 13.2 Å². The standard InChI is InChI=1S/C12H11N5O3/c1-20-8-3-2-5-9-6(16-17-11(5)18)4-7(12(19)15-13)14-10(8)9/h2-4,16H,13H2,1H3,(H,15,19)(H,17,18). The van der Waals surface area contributed by atoms with Crippen LogP contribution >= 0.6 is 0 Å². The zero-order valence-corrected chi connectivity index (χ0v) is 10.5. The number of nitrogens with one attached hydrogen (secondary N) is 3. The number of methoxy groups -OCH3 is 1. The molecule has 3 rings (SSSR count). The third-order valence-electron chi connectivity index (χ3n) is 3.06. The van der Waals surface area contributed by atoms with E-state index in [2.05, 4.69) is 15.8 Å². The van der Waals surface area contributed by atoms with Gasteiger partial charge >= 0.3 is 0 Å². The normalized spacial score (nSPS) is 12.6. The first-order chi connectivity index (χ1) is 9.65. The van der Waals surface area contributed by atoms with Crippen molar-refractivity contribution in [2.45, 2.75) is 0 Å². The number of ether oxygens (including phenoxy) is 1. The van der Waals surface area contributed by atoms with Gasteiger partial charge in [0.1, 0.15) is 17.0 Å². The van der Waals surface area contributed by atoms with Crippen molar-refractivity contribution in [2.24, 2.45) is 5.84 Å². The van der Waals surface area contributed by atoms with Gasteiger partial charge in [0.25, 0.3) is 11.8 Å². The van der Waals surface area contributed by atoms with Crippen molar-refractivity contribution in [2.75, 3.05) is 12.5 Å². The first-order valence-electron chi connectivity index (χ1n) is 5.74. The van der Waals surface area contributed by atoms with Crippen molar-refractivity contribution >= 4 is 28.4 Å². The van der Waals surface area contributed by atoms with Crippen LogP contribution in [0, 0.1) is 0 Å². The number of carbonyl (C=O) groups is 2. The van der Waals surface area contributed by atoms with Gasteiger partial charge in [0.05, 0.1) is 18.4 Å². The SMILES string of the molecule is COc1ccc2c3c(cc(C(=O)NN)nc13)NNC2=O. The largest absolute Gasteiger partial charge is 0.494 e. The van der Waals surface area contributed by atoms with Crippen molar-refractivity contribution in [3.05, 3.63) is 29.5 Å². The summed E-state index contributed by atoms with van der Waals surface area (Å²) in [5.41, 5.74) is 8.81. The van der Waals surface area contributed by atoms with Crippen molar-refractivity contribution in [3.63, 3.8) is 0 Å². The van der Waals surface area contributed by atoms with E-state index >= 15 is 0 Å². The number of hydrogen-bond acceptors (Lipinski definition) is 6. The van der Waals surface area contributed by atoms with Crippen LogP contribution in [0.1, 0.15) is 20.8 Å². The molecular formula is C12H11N5O3. The van der Waals surface area contributed by atoms with Gasteiger partial charge in [-0.2, -0.15) is 0 Å². The first kappa shape index (κ1) is 12.2. The van der Waals surface area contributed by atoms with Gasteiger partial charge in [0.2, 0.25) is 0 Å². The topological polar surface area (TPSA) is 118 Å². The Labute approximate surface area is 113 Å². The molecule has 8 nitrogen and oxygen atoms in total. The monoisotopic (exact) mass is 273 g/mol. The van der Waals surface area contributed by atoms with Crippen LogP contribution in [0.4, 0.5) is 5.69 Å². The van der Waals surface area contributed by atoms with Crippen LogP contribution in [0.15, 0.2) is 18.2 Å². The lowest BCUT2D eigenvalue weighted by Crippen LogP contribution is -2.34. The van der Waals surface area contributed by atoms with Crippen LogP contribution in [-0.2, 0) is 0 Å². The zero-order chi connectivity index (χ0) is 14.3. The van der Waals surface area contributed by atoms with E-state index in [0.717, 1.165) is 0 Å². The van der Waals surface area contributed by atoms with Gasteiger partial charge in [-0.3, -0.25) is 25.9 Å². The van der Waals surface area contributed by atoms with Crippen LogP contribution in [0.3, 0.4) is 0 Å². The summed E-state index contributed by atoms with van der Waals surface area (Å²) in [4.78, 5) is 27.7. The molecule has 1 aromatic heterocycles. The Bertz CT molecular complexity index is 743. The van der Waals surface area contributed by atoms with Gasteiger partial charge in [0, 0.05) is 5.39 Å². The molecule has 0 saturated carbocycles. The average Bonchev–Trinajstić information content (AvgIpc) is 2.49. The van der Waals surface area contributed by atoms with Gasteiger partial charge in [-0.15, -0.1) is 0 Å². The minimum absolute atomic E-state index is 0.120. The quantitative estimate of drug-likeness (QED) is 0.345. The maximum absolute atomic E-state index is 11.8. The van der Waals surface area contributed by atoms with Crippen LogP contribution in [0.25, 0.3) is 10.9 Å². The molecule has 0 spiro atoms. The van der Waals surface area contributed by atoms with Gasteiger partial charge in [0.15, 0.2) is 0 Å². The van der Waals surface area contributed by atoms with Crippen LogP contribution in [0.5, 0.6) is 5.75 Å². The molecule has 102 valence electrons. The molecule has 2 amide bonds. The number of pyridine rings is 1. The lowest BCUT2D eigenvalue weighted by Gasteiger charge is -2.20. The maximum Gasteiger partial charge on any atom is 0.283 e. The van der Waals surface area contributed by atoms with E-state index in [1.54, 1.807) is 12.1 Å². The van der Waals surface area contributed by atoms with E-state index < -0.39 is 5.91 Å². The van der Waals surface area contributed by atoms with Gasteiger partial charge in [-0.1, -0.05) is 0 Å². The number of aromatic nitrogens is 1. The molecular weight excluding hydrogens is 262 g/mol. The lowest BCUT2D eigenvalue weighted by atomic mass is 10.0. The Morgan fingerprint density at radius 3 is 2.90 bits per heavy atom. The number of hydrazine groups is 2. The summed E-state index contributed by atoms with van der Waals surface area (Å²) < 4.78 is 5.22. The molecule has 0 unspecified atom stereocenters. The molecule has 0 fully saturated rings. The number of nitrogens with zero attached hydrogens (tertiary/aromatic N) is 1. The number of nitrogens with two attached hydrogens (primary N) is 1. The molecule has 0 saturated heterocycles. The number of nitrogen functional groups attached to an aromatic ring is 1. The highest BCUT2D eigenvalue weighted by atomic mass is 16.5. The fraction of sp³-hybridized carbons (Fsp3) is 0.0833. The van der Waals surface area contributed by atoms with Crippen LogP contribution in [-0.4, -0.2) is 23.9 Å². The summed E-state index contributed by atoms with van der Waals surface area (Å²) in [6, 6.07) is 4.78. The molecule has 2 heterocycles. The zero-order valence-electron chi connectivity index (χ0n) is 10.5. The minimum Gasteiger partial charge on any atom is -0.494 e. The van der Waals surface area contributed by atoms with E-state index in [9.17, 15) is 9.59 Å². The highest BCUT2D eigenvalue weighted by Gasteiger charge is 2.23. The van der Waals surface area contributed by atoms with Gasteiger partial charge < -0.3 is 4.74 Å². The highest BCUT2D eigenvalue weighted by Crippen LogP contribution is 2.34. The second kappa shape index (κ2) is 4.35.